The summed E-state index contributed by atoms with van der Waals surface area (Å²) in [5, 5.41) is 4.33. The minimum Gasteiger partial charge on any atom is -0.376 e. The van der Waals surface area contributed by atoms with Crippen LogP contribution in [0.3, 0.4) is 0 Å². The summed E-state index contributed by atoms with van der Waals surface area (Å²) in [4.78, 5) is 3.31. The van der Waals surface area contributed by atoms with Crippen molar-refractivity contribution in [3.8, 4) is 0 Å². The lowest BCUT2D eigenvalue weighted by molar-refractivity contribution is -0.491. The van der Waals surface area contributed by atoms with E-state index in [1.807, 2.05) is 105 Å². The summed E-state index contributed by atoms with van der Waals surface area (Å²) in [6.07, 6.45) is -5.36. The van der Waals surface area contributed by atoms with Crippen LogP contribution >= 0.6 is 0 Å². The zero-order chi connectivity index (χ0) is 41.7. The van der Waals surface area contributed by atoms with Crippen LogP contribution in [0.5, 0.6) is 0 Å². The second-order valence-electron chi connectivity index (χ2n) is 16.4. The molecular formula is C45H57N3O12. The lowest BCUT2D eigenvalue weighted by Crippen LogP contribution is -2.77. The molecule has 60 heavy (non-hydrogen) atoms. The van der Waals surface area contributed by atoms with E-state index < -0.39 is 84.6 Å². The maximum absolute atomic E-state index is 10.2. The molecule has 3 heterocycles. The number of rotatable bonds is 16. The molecule has 2 saturated carbocycles. The normalized spacial score (nSPS) is 37.0. The van der Waals surface area contributed by atoms with Gasteiger partial charge in [0.1, 0.15) is 61.0 Å². The molecule has 3 aromatic carbocycles. The van der Waals surface area contributed by atoms with Crippen LogP contribution in [-0.4, -0.2) is 113 Å². The lowest BCUT2D eigenvalue weighted by Gasteiger charge is -2.61. The molecule has 324 valence electrons. The number of nitrogens with zero attached hydrogens (tertiary/aromatic N) is 3. The molecule has 0 radical (unpaired) electrons. The number of ether oxygens (including phenoxy) is 12. The van der Waals surface area contributed by atoms with E-state index in [0.29, 0.717) is 19.4 Å². The summed E-state index contributed by atoms with van der Waals surface area (Å²) in [7, 11) is 4.82. The molecule has 3 saturated heterocycles. The Labute approximate surface area is 351 Å². The van der Waals surface area contributed by atoms with Gasteiger partial charge in [0, 0.05) is 39.1 Å². The Morgan fingerprint density at radius 3 is 1.63 bits per heavy atom. The first-order valence-corrected chi connectivity index (χ1v) is 20.8. The van der Waals surface area contributed by atoms with E-state index in [2.05, 4.69) is 10.0 Å². The third kappa shape index (κ3) is 8.75. The van der Waals surface area contributed by atoms with Gasteiger partial charge in [-0.2, -0.15) is 0 Å². The molecule has 15 nitrogen and oxygen atoms in total. The van der Waals surface area contributed by atoms with Crippen LogP contribution in [-0.2, 0) is 76.7 Å². The minimum atomic E-state index is -1.27. The summed E-state index contributed by atoms with van der Waals surface area (Å²) in [5.74, 6) is -3.51. The van der Waals surface area contributed by atoms with Crippen LogP contribution in [0.15, 0.2) is 96.1 Å². The Morgan fingerprint density at radius 1 is 0.633 bits per heavy atom. The van der Waals surface area contributed by atoms with E-state index in [4.69, 9.17) is 56.8 Å². The maximum atomic E-state index is 10.2. The maximum Gasteiger partial charge on any atom is 0.223 e. The van der Waals surface area contributed by atoms with Gasteiger partial charge < -0.3 is 56.8 Å². The zero-order valence-corrected chi connectivity index (χ0v) is 34.9. The van der Waals surface area contributed by atoms with Gasteiger partial charge in [-0.1, -0.05) is 96.1 Å². The van der Waals surface area contributed by atoms with Crippen molar-refractivity contribution in [2.75, 3.05) is 27.9 Å². The average Bonchev–Trinajstić information content (AvgIpc) is 3.60. The highest BCUT2D eigenvalue weighted by Gasteiger charge is 2.70. The van der Waals surface area contributed by atoms with Crippen molar-refractivity contribution in [1.82, 2.24) is 0 Å². The molecule has 2 aliphatic carbocycles. The Morgan fingerprint density at radius 2 is 1.12 bits per heavy atom. The molecule has 0 N–H and O–H groups in total. The first-order chi connectivity index (χ1) is 29.2. The number of methoxy groups -OCH3 is 3. The quantitative estimate of drug-likeness (QED) is 0.0850. The third-order valence-corrected chi connectivity index (χ3v) is 12.3. The molecule has 3 aromatic rings. The van der Waals surface area contributed by atoms with Crippen molar-refractivity contribution in [3.05, 3.63) is 118 Å². The van der Waals surface area contributed by atoms with Crippen LogP contribution in [0.4, 0.5) is 0 Å². The summed E-state index contributed by atoms with van der Waals surface area (Å²) in [6.45, 7) is 4.55. The number of hydrogen-bond donors (Lipinski definition) is 0. The average molecular weight is 832 g/mol. The highest BCUT2D eigenvalue weighted by Crippen LogP contribution is 2.54. The van der Waals surface area contributed by atoms with Crippen molar-refractivity contribution in [1.29, 1.82) is 0 Å². The molecule has 0 amide bonds. The summed E-state index contributed by atoms with van der Waals surface area (Å²) in [6, 6.07) is 28.5. The fourth-order valence-electron chi connectivity index (χ4n) is 9.48. The van der Waals surface area contributed by atoms with Crippen LogP contribution in [0, 0.1) is 0 Å². The molecule has 2 unspecified atom stereocenters. The lowest BCUT2D eigenvalue weighted by atomic mass is 9.79. The topological polar surface area (TPSA) is 160 Å². The Bertz CT molecular complexity index is 1870. The van der Waals surface area contributed by atoms with Gasteiger partial charge in [0.05, 0.1) is 26.4 Å². The van der Waals surface area contributed by atoms with E-state index in [-0.39, 0.29) is 19.8 Å². The molecule has 5 aliphatic rings. The van der Waals surface area contributed by atoms with Gasteiger partial charge in [0.2, 0.25) is 11.6 Å². The molecule has 0 spiro atoms. The van der Waals surface area contributed by atoms with Crippen LogP contribution in [0.25, 0.3) is 10.4 Å². The van der Waals surface area contributed by atoms with Crippen LogP contribution < -0.4 is 0 Å². The highest BCUT2D eigenvalue weighted by molar-refractivity contribution is 5.17. The van der Waals surface area contributed by atoms with Crippen molar-refractivity contribution < 1.29 is 56.8 Å². The second kappa shape index (κ2) is 18.9. The first kappa shape index (κ1) is 43.2. The summed E-state index contributed by atoms with van der Waals surface area (Å²) >= 11 is 0. The van der Waals surface area contributed by atoms with Crippen molar-refractivity contribution >= 4 is 0 Å². The minimum absolute atomic E-state index is 0.103. The van der Waals surface area contributed by atoms with E-state index in [9.17, 15) is 5.53 Å². The van der Waals surface area contributed by atoms with Gasteiger partial charge in [-0.15, -0.1) is 0 Å². The fourth-order valence-corrected chi connectivity index (χ4v) is 9.48. The summed E-state index contributed by atoms with van der Waals surface area (Å²) < 4.78 is 79.8. The van der Waals surface area contributed by atoms with Gasteiger partial charge in [-0.3, -0.25) is 0 Å². The van der Waals surface area contributed by atoms with E-state index >= 15 is 0 Å². The number of azide groups is 1. The number of fused-ring (bicyclic) bond motifs is 3. The number of benzene rings is 3. The highest BCUT2D eigenvalue weighted by atomic mass is 16.8. The Hall–Kier alpha value is -3.51. The van der Waals surface area contributed by atoms with E-state index in [1.165, 1.54) is 0 Å². The summed E-state index contributed by atoms with van der Waals surface area (Å²) in [5.41, 5.74) is 13.1. The standard InChI is InChI=1S/C45H57N3O12/c1-43(2)57-38-36(49-3)39-41(60-45(51-5)24-16-15-23-44(45,50-4)59-39)37(40(38)58-43)56-42-33(47-48-46)35(54-27-31-21-13-8-14-22-31)34(53-26-30-19-11-7-12-20-30)32(55-42)28-52-25-29-17-9-6-10-18-29/h6-14,17-22,32-42H,15-16,23-28H2,1-5H3/t32-,33-,34-,35-,36-,37+,38-,39+,40+,41+,42+,44?,45?/m1/s1. The molecule has 5 fully saturated rings. The Balaban J connectivity index is 1.17. The predicted molar refractivity (Wildman–Crippen MR) is 215 cm³/mol. The van der Waals surface area contributed by atoms with Crippen molar-refractivity contribution in [2.45, 2.75) is 144 Å². The predicted octanol–water partition coefficient (Wildman–Crippen LogP) is 6.76. The number of hydrogen-bond acceptors (Lipinski definition) is 13. The van der Waals surface area contributed by atoms with Crippen LogP contribution in [0.2, 0.25) is 0 Å². The zero-order valence-electron chi connectivity index (χ0n) is 34.9. The largest absolute Gasteiger partial charge is 0.376 e. The van der Waals surface area contributed by atoms with E-state index in [0.717, 1.165) is 29.5 Å². The SMILES string of the molecule is CO[C@@H]1[C@H]2OC(C)(C)O[C@H]2[C@H](O[C@@H]2O[C@H](COCc3ccccc3)[C@@H](OCc3ccccc3)[C@H](OCc3ccccc3)[C@H]2N=[N+]=[N-])[C@@H]2OC3(OC)CCCCC3(OC)O[C@@H]12. The smallest absolute Gasteiger partial charge is 0.223 e. The van der Waals surface area contributed by atoms with Crippen molar-refractivity contribution in [2.24, 2.45) is 5.11 Å². The molecule has 3 aliphatic heterocycles. The second-order valence-corrected chi connectivity index (χ2v) is 16.4. The van der Waals surface area contributed by atoms with E-state index in [1.54, 1.807) is 21.3 Å². The van der Waals surface area contributed by atoms with Gasteiger partial charge >= 0.3 is 0 Å². The Kier molecular flexibility index (Phi) is 13.6. The van der Waals surface area contributed by atoms with Gasteiger partial charge in [-0.25, -0.2) is 0 Å². The van der Waals surface area contributed by atoms with Gasteiger partial charge in [0.15, 0.2) is 12.1 Å². The van der Waals surface area contributed by atoms with Crippen LogP contribution in [0.1, 0.15) is 56.2 Å². The van der Waals surface area contributed by atoms with Crippen molar-refractivity contribution in [3.63, 3.8) is 0 Å². The first-order valence-electron chi connectivity index (χ1n) is 20.8. The fraction of sp³-hybridized carbons (Fsp3) is 0.600. The molecule has 15 heteroatoms. The van der Waals surface area contributed by atoms with Gasteiger partial charge in [0.25, 0.3) is 0 Å². The molecule has 8 rings (SSSR count). The van der Waals surface area contributed by atoms with Gasteiger partial charge in [-0.05, 0) is 48.9 Å². The monoisotopic (exact) mass is 831 g/mol. The molecule has 0 aromatic heterocycles. The third-order valence-electron chi connectivity index (χ3n) is 12.3. The molecular weight excluding hydrogens is 775 g/mol. The molecule has 13 atom stereocenters. The molecule has 0 bridgehead atoms.